The Labute approximate surface area is 152 Å². The van der Waals surface area contributed by atoms with Gasteiger partial charge in [-0.3, -0.25) is 9.36 Å². The molecule has 1 aromatic carbocycles. The molecule has 0 aliphatic carbocycles. The Morgan fingerprint density at radius 1 is 1.32 bits per heavy atom. The van der Waals surface area contributed by atoms with Gasteiger partial charge in [-0.2, -0.15) is 5.26 Å². The number of furan rings is 1. The number of fused-ring (bicyclic) bond motifs is 1. The van der Waals surface area contributed by atoms with Crippen molar-refractivity contribution in [2.45, 2.75) is 11.8 Å². The van der Waals surface area contributed by atoms with Crippen molar-refractivity contribution in [3.8, 4) is 17.5 Å². The summed E-state index contributed by atoms with van der Waals surface area (Å²) in [6, 6.07) is 12.8. The highest BCUT2D eigenvalue weighted by Crippen LogP contribution is 2.30. The van der Waals surface area contributed by atoms with E-state index >= 15 is 0 Å². The van der Waals surface area contributed by atoms with Crippen molar-refractivity contribution in [2.75, 3.05) is 10.8 Å². The van der Waals surface area contributed by atoms with Crippen molar-refractivity contribution in [2.24, 2.45) is 0 Å². The van der Waals surface area contributed by atoms with Crippen molar-refractivity contribution in [1.82, 2.24) is 9.55 Å². The molecule has 0 unspecified atom stereocenters. The summed E-state index contributed by atoms with van der Waals surface area (Å²) in [5, 5.41) is 10.6. The van der Waals surface area contributed by atoms with Crippen LogP contribution in [0.25, 0.3) is 11.5 Å². The van der Waals surface area contributed by atoms with Crippen LogP contribution in [-0.4, -0.2) is 15.4 Å². The molecule has 2 aromatic heterocycles. The summed E-state index contributed by atoms with van der Waals surface area (Å²) < 4.78 is 6.82. The summed E-state index contributed by atoms with van der Waals surface area (Å²) in [6.07, 6.45) is 1.49. The molecule has 0 spiro atoms. The minimum absolute atomic E-state index is 0.0211. The number of aromatic nitrogens is 2. The van der Waals surface area contributed by atoms with E-state index in [0.29, 0.717) is 28.5 Å². The molecular formula is C17H11ClN4O2S. The number of anilines is 1. The molecule has 1 aliphatic rings. The number of nitrogens with zero attached hydrogens (tertiary/aromatic N) is 4. The van der Waals surface area contributed by atoms with Crippen LogP contribution in [-0.2, 0) is 6.67 Å². The molecule has 3 aromatic rings. The van der Waals surface area contributed by atoms with Gasteiger partial charge in [0.15, 0.2) is 10.9 Å². The Hall–Kier alpha value is -2.69. The number of halogens is 1. The molecule has 4 rings (SSSR count). The van der Waals surface area contributed by atoms with Gasteiger partial charge in [0.25, 0.3) is 5.56 Å². The SMILES string of the molecule is N#Cc1c(-c2ccco2)nc2n(c1=O)CN(c1cccc(Cl)c1)CS2. The summed E-state index contributed by atoms with van der Waals surface area (Å²) in [5.41, 5.74) is 0.795. The first-order valence-corrected chi connectivity index (χ1v) is 8.76. The van der Waals surface area contributed by atoms with Crippen LogP contribution in [0.2, 0.25) is 5.02 Å². The molecule has 0 radical (unpaired) electrons. The zero-order valence-electron chi connectivity index (χ0n) is 12.8. The van der Waals surface area contributed by atoms with E-state index in [2.05, 4.69) is 4.98 Å². The lowest BCUT2D eigenvalue weighted by Crippen LogP contribution is -2.38. The zero-order valence-corrected chi connectivity index (χ0v) is 14.4. The molecule has 3 heterocycles. The number of nitriles is 1. The third kappa shape index (κ3) is 2.80. The first-order valence-electron chi connectivity index (χ1n) is 7.39. The lowest BCUT2D eigenvalue weighted by Gasteiger charge is -2.30. The fourth-order valence-corrected chi connectivity index (χ4v) is 3.78. The largest absolute Gasteiger partial charge is 0.463 e. The molecule has 0 atom stereocenters. The second-order valence-electron chi connectivity index (χ2n) is 5.37. The van der Waals surface area contributed by atoms with Gasteiger partial charge >= 0.3 is 0 Å². The average Bonchev–Trinajstić information content (AvgIpc) is 3.16. The van der Waals surface area contributed by atoms with Crippen LogP contribution < -0.4 is 10.5 Å². The molecule has 0 bridgehead atoms. The van der Waals surface area contributed by atoms with Gasteiger partial charge in [-0.15, -0.1) is 0 Å². The van der Waals surface area contributed by atoms with Gasteiger partial charge in [0.1, 0.15) is 24.0 Å². The summed E-state index contributed by atoms with van der Waals surface area (Å²) in [7, 11) is 0. The van der Waals surface area contributed by atoms with Gasteiger partial charge in [0.2, 0.25) is 0 Å². The predicted molar refractivity (Wildman–Crippen MR) is 95.6 cm³/mol. The van der Waals surface area contributed by atoms with E-state index in [-0.39, 0.29) is 16.8 Å². The maximum absolute atomic E-state index is 12.8. The smallest absolute Gasteiger partial charge is 0.274 e. The van der Waals surface area contributed by atoms with E-state index in [1.165, 1.54) is 22.6 Å². The number of rotatable bonds is 2. The lowest BCUT2D eigenvalue weighted by molar-refractivity contribution is 0.548. The minimum Gasteiger partial charge on any atom is -0.463 e. The molecular weight excluding hydrogens is 360 g/mol. The molecule has 25 heavy (non-hydrogen) atoms. The summed E-state index contributed by atoms with van der Waals surface area (Å²) in [5.74, 6) is 1.03. The van der Waals surface area contributed by atoms with E-state index in [0.717, 1.165) is 5.69 Å². The highest BCUT2D eigenvalue weighted by atomic mass is 35.5. The van der Waals surface area contributed by atoms with Crippen molar-refractivity contribution in [3.05, 3.63) is 63.6 Å². The Morgan fingerprint density at radius 3 is 2.92 bits per heavy atom. The summed E-state index contributed by atoms with van der Waals surface area (Å²) >= 11 is 7.48. The molecule has 0 amide bonds. The number of thioether (sulfide) groups is 1. The molecule has 0 saturated carbocycles. The van der Waals surface area contributed by atoms with Crippen molar-refractivity contribution in [1.29, 1.82) is 5.26 Å². The van der Waals surface area contributed by atoms with E-state index in [4.69, 9.17) is 16.0 Å². The number of benzene rings is 1. The first kappa shape index (κ1) is 15.8. The second-order valence-corrected chi connectivity index (χ2v) is 6.72. The van der Waals surface area contributed by atoms with Crippen LogP contribution >= 0.6 is 23.4 Å². The molecule has 8 heteroatoms. The van der Waals surface area contributed by atoms with E-state index < -0.39 is 0 Å². The Balaban J connectivity index is 1.79. The van der Waals surface area contributed by atoms with Crippen LogP contribution in [0.1, 0.15) is 5.56 Å². The van der Waals surface area contributed by atoms with E-state index in [1.54, 1.807) is 18.2 Å². The van der Waals surface area contributed by atoms with Crippen LogP contribution in [0.5, 0.6) is 0 Å². The zero-order chi connectivity index (χ0) is 17.4. The summed E-state index contributed by atoms with van der Waals surface area (Å²) in [6.45, 7) is 0.307. The standard InChI is InChI=1S/C17H11ClN4O2S/c18-11-3-1-4-12(7-11)21-9-22-16(23)13(8-19)15(14-5-2-6-24-14)20-17(22)25-10-21/h1-7H,9-10H2. The van der Waals surface area contributed by atoms with Crippen molar-refractivity contribution < 1.29 is 4.42 Å². The predicted octanol–water partition coefficient (Wildman–Crippen LogP) is 3.56. The Kier molecular flexibility index (Phi) is 3.99. The third-order valence-electron chi connectivity index (χ3n) is 3.84. The molecule has 0 N–H and O–H groups in total. The van der Waals surface area contributed by atoms with Gasteiger partial charge in [-0.05, 0) is 30.3 Å². The summed E-state index contributed by atoms with van der Waals surface area (Å²) in [4.78, 5) is 19.3. The lowest BCUT2D eigenvalue weighted by atomic mass is 10.2. The Bertz CT molecular complexity index is 1040. The van der Waals surface area contributed by atoms with E-state index in [1.807, 2.05) is 29.2 Å². The van der Waals surface area contributed by atoms with Crippen molar-refractivity contribution >= 4 is 29.1 Å². The van der Waals surface area contributed by atoms with Crippen molar-refractivity contribution in [3.63, 3.8) is 0 Å². The quantitative estimate of drug-likeness (QED) is 0.642. The van der Waals surface area contributed by atoms with Crippen LogP contribution in [0.15, 0.2) is 57.0 Å². The fraction of sp³-hybridized carbons (Fsp3) is 0.118. The topological polar surface area (TPSA) is 75.1 Å². The van der Waals surface area contributed by atoms with Crippen LogP contribution in [0, 0.1) is 11.3 Å². The molecule has 0 fully saturated rings. The monoisotopic (exact) mass is 370 g/mol. The Morgan fingerprint density at radius 2 is 2.20 bits per heavy atom. The maximum atomic E-state index is 12.8. The highest BCUT2D eigenvalue weighted by molar-refractivity contribution is 7.99. The molecule has 124 valence electrons. The third-order valence-corrected chi connectivity index (χ3v) is 5.08. The average molecular weight is 371 g/mol. The highest BCUT2D eigenvalue weighted by Gasteiger charge is 2.25. The van der Waals surface area contributed by atoms with Gasteiger partial charge in [-0.1, -0.05) is 29.4 Å². The number of hydrogen-bond donors (Lipinski definition) is 0. The van der Waals surface area contributed by atoms with Gasteiger partial charge < -0.3 is 9.32 Å². The van der Waals surface area contributed by atoms with E-state index in [9.17, 15) is 10.1 Å². The van der Waals surface area contributed by atoms with Crippen LogP contribution in [0.4, 0.5) is 5.69 Å². The maximum Gasteiger partial charge on any atom is 0.274 e. The van der Waals surface area contributed by atoms with Gasteiger partial charge in [0, 0.05) is 10.7 Å². The molecule has 1 aliphatic heterocycles. The van der Waals surface area contributed by atoms with Gasteiger partial charge in [0.05, 0.1) is 12.1 Å². The second kappa shape index (κ2) is 6.31. The number of hydrogen-bond acceptors (Lipinski definition) is 6. The fourth-order valence-electron chi connectivity index (χ4n) is 2.64. The van der Waals surface area contributed by atoms with Crippen LogP contribution in [0.3, 0.4) is 0 Å². The minimum atomic E-state index is -0.377. The molecule has 0 saturated heterocycles. The molecule has 6 nitrogen and oxygen atoms in total. The van der Waals surface area contributed by atoms with Gasteiger partial charge in [-0.25, -0.2) is 4.98 Å². The first-order chi connectivity index (χ1) is 12.2. The normalized spacial score (nSPS) is 13.4.